The zero-order valence-electron chi connectivity index (χ0n) is 16.5. The second-order valence-electron chi connectivity index (χ2n) is 7.89. The van der Waals surface area contributed by atoms with Gasteiger partial charge in [-0.25, -0.2) is 0 Å². The number of nitrogens with zero attached hydrogens (tertiary/aromatic N) is 3. The number of fused-ring (bicyclic) bond motifs is 1. The van der Waals surface area contributed by atoms with Crippen LogP contribution in [0, 0.1) is 18.3 Å². The van der Waals surface area contributed by atoms with E-state index in [0.717, 1.165) is 51.3 Å². The van der Waals surface area contributed by atoms with E-state index in [-0.39, 0.29) is 5.96 Å². The van der Waals surface area contributed by atoms with Crippen molar-refractivity contribution in [2.45, 2.75) is 32.7 Å². The lowest BCUT2D eigenvalue weighted by atomic mass is 9.97. The van der Waals surface area contributed by atoms with Crippen LogP contribution in [-0.4, -0.2) is 42.1 Å². The van der Waals surface area contributed by atoms with Crippen LogP contribution in [0.3, 0.4) is 0 Å². The van der Waals surface area contributed by atoms with Gasteiger partial charge < -0.3 is 20.3 Å². The molecule has 2 aliphatic heterocycles. The second-order valence-corrected chi connectivity index (χ2v) is 7.89. The predicted molar refractivity (Wildman–Crippen MR) is 112 cm³/mol. The van der Waals surface area contributed by atoms with E-state index in [9.17, 15) is 0 Å². The number of pyridine rings is 1. The van der Waals surface area contributed by atoms with Gasteiger partial charge in [-0.15, -0.1) is 0 Å². The van der Waals surface area contributed by atoms with Crippen LogP contribution in [-0.2, 0) is 13.0 Å². The smallest absolute Gasteiger partial charge is 0.188 e. The first-order valence-corrected chi connectivity index (χ1v) is 10.1. The molecule has 3 N–H and O–H groups in total. The van der Waals surface area contributed by atoms with E-state index in [2.05, 4.69) is 41.1 Å². The van der Waals surface area contributed by atoms with Crippen LogP contribution in [0.5, 0.6) is 5.75 Å². The van der Waals surface area contributed by atoms with E-state index in [1.54, 1.807) is 0 Å². The van der Waals surface area contributed by atoms with Gasteiger partial charge in [0, 0.05) is 44.3 Å². The number of nitrogens with two attached hydrogens (primary N) is 1. The Morgan fingerprint density at radius 3 is 2.79 bits per heavy atom. The number of anilines is 1. The molecule has 1 fully saturated rings. The lowest BCUT2D eigenvalue weighted by molar-refractivity contribution is 0.222. The summed E-state index contributed by atoms with van der Waals surface area (Å²) in [6.07, 6.45) is 7.03. The summed E-state index contributed by atoms with van der Waals surface area (Å²) < 4.78 is 6.14. The Labute approximate surface area is 166 Å². The molecule has 0 atom stereocenters. The summed E-state index contributed by atoms with van der Waals surface area (Å²) >= 11 is 0. The van der Waals surface area contributed by atoms with Gasteiger partial charge in [-0.1, -0.05) is 6.07 Å². The third kappa shape index (κ3) is 4.06. The summed E-state index contributed by atoms with van der Waals surface area (Å²) in [6, 6.07) is 8.48. The Balaban J connectivity index is 1.31. The van der Waals surface area contributed by atoms with Crippen LogP contribution in [0.15, 0.2) is 36.7 Å². The van der Waals surface area contributed by atoms with Gasteiger partial charge in [0.2, 0.25) is 0 Å². The minimum Gasteiger partial charge on any atom is -0.493 e. The molecule has 1 saturated heterocycles. The highest BCUT2D eigenvalue weighted by Gasteiger charge is 2.22. The average Bonchev–Trinajstić information content (AvgIpc) is 2.72. The molecule has 6 nitrogen and oxygen atoms in total. The summed E-state index contributed by atoms with van der Waals surface area (Å²) in [5.41, 5.74) is 10.8. The summed E-state index contributed by atoms with van der Waals surface area (Å²) in [4.78, 5) is 8.56. The van der Waals surface area contributed by atoms with Crippen molar-refractivity contribution in [1.82, 2.24) is 9.88 Å². The molecule has 0 saturated carbocycles. The van der Waals surface area contributed by atoms with E-state index >= 15 is 0 Å². The molecule has 0 bridgehead atoms. The van der Waals surface area contributed by atoms with Crippen molar-refractivity contribution in [2.75, 3.05) is 31.1 Å². The summed E-state index contributed by atoms with van der Waals surface area (Å²) in [5.74, 6) is 1.66. The van der Waals surface area contributed by atoms with Crippen LogP contribution >= 0.6 is 0 Å². The second kappa shape index (κ2) is 8.09. The first-order chi connectivity index (χ1) is 13.6. The Morgan fingerprint density at radius 1 is 1.21 bits per heavy atom. The maximum absolute atomic E-state index is 7.66. The first-order valence-electron chi connectivity index (χ1n) is 10.1. The number of ether oxygens (including phenoxy) is 1. The molecular weight excluding hydrogens is 350 g/mol. The highest BCUT2D eigenvalue weighted by atomic mass is 16.5. The van der Waals surface area contributed by atoms with Crippen LogP contribution < -0.4 is 15.4 Å². The SMILES string of the molecule is Cc1cnccc1N1CCC(COc2ccc3c(c2)CN(C(=N)N)CC3)CC1. The van der Waals surface area contributed by atoms with Crippen LogP contribution in [0.2, 0.25) is 0 Å². The van der Waals surface area contributed by atoms with Gasteiger partial charge >= 0.3 is 0 Å². The molecule has 1 aromatic carbocycles. The largest absolute Gasteiger partial charge is 0.493 e. The molecule has 2 aliphatic rings. The van der Waals surface area contributed by atoms with E-state index in [0.29, 0.717) is 12.5 Å². The minimum atomic E-state index is 0.146. The molecule has 0 amide bonds. The molecular formula is C22H29N5O. The molecule has 2 aromatic rings. The summed E-state index contributed by atoms with van der Waals surface area (Å²) in [6.45, 7) is 6.54. The molecule has 0 spiro atoms. The van der Waals surface area contributed by atoms with E-state index < -0.39 is 0 Å². The topological polar surface area (TPSA) is 78.5 Å². The fraction of sp³-hybridized carbons (Fsp3) is 0.455. The average molecular weight is 380 g/mol. The van der Waals surface area contributed by atoms with Crippen LogP contribution in [0.1, 0.15) is 29.5 Å². The fourth-order valence-electron chi connectivity index (χ4n) is 4.20. The van der Waals surface area contributed by atoms with E-state index in [1.807, 2.05) is 17.3 Å². The number of aryl methyl sites for hydroxylation is 1. The van der Waals surface area contributed by atoms with Crippen molar-refractivity contribution in [3.63, 3.8) is 0 Å². The lowest BCUT2D eigenvalue weighted by Gasteiger charge is -2.34. The maximum atomic E-state index is 7.66. The van der Waals surface area contributed by atoms with Crippen LogP contribution in [0.4, 0.5) is 5.69 Å². The Morgan fingerprint density at radius 2 is 2.04 bits per heavy atom. The molecule has 0 radical (unpaired) electrons. The normalized spacial score (nSPS) is 17.3. The number of hydrogen-bond donors (Lipinski definition) is 2. The molecule has 1 aromatic heterocycles. The third-order valence-electron chi connectivity index (χ3n) is 5.96. The molecule has 3 heterocycles. The zero-order valence-corrected chi connectivity index (χ0v) is 16.5. The Hall–Kier alpha value is -2.76. The maximum Gasteiger partial charge on any atom is 0.188 e. The number of hydrogen-bond acceptors (Lipinski definition) is 4. The van der Waals surface area contributed by atoms with Gasteiger partial charge in [0.05, 0.1) is 6.61 Å². The summed E-state index contributed by atoms with van der Waals surface area (Å²) in [7, 11) is 0. The van der Waals surface area contributed by atoms with Crippen molar-refractivity contribution in [3.8, 4) is 5.75 Å². The van der Waals surface area contributed by atoms with E-state index in [4.69, 9.17) is 15.9 Å². The molecule has 148 valence electrons. The molecule has 0 unspecified atom stereocenters. The molecule has 0 aliphatic carbocycles. The van der Waals surface area contributed by atoms with Crippen molar-refractivity contribution in [2.24, 2.45) is 11.7 Å². The van der Waals surface area contributed by atoms with Crippen LogP contribution in [0.25, 0.3) is 0 Å². The highest BCUT2D eigenvalue weighted by Crippen LogP contribution is 2.27. The van der Waals surface area contributed by atoms with Gasteiger partial charge in [-0.2, -0.15) is 0 Å². The number of guanidine groups is 1. The van der Waals surface area contributed by atoms with Gasteiger partial charge in [-0.05, 0) is 67.0 Å². The number of aromatic nitrogens is 1. The molecule has 4 rings (SSSR count). The lowest BCUT2D eigenvalue weighted by Crippen LogP contribution is -2.40. The van der Waals surface area contributed by atoms with Crippen molar-refractivity contribution < 1.29 is 4.74 Å². The Bertz CT molecular complexity index is 845. The van der Waals surface area contributed by atoms with Gasteiger partial charge in [-0.3, -0.25) is 10.4 Å². The predicted octanol–water partition coefficient (Wildman–Crippen LogP) is 2.94. The van der Waals surface area contributed by atoms with Crippen molar-refractivity contribution >= 4 is 11.6 Å². The first kappa shape index (κ1) is 18.6. The van der Waals surface area contributed by atoms with Gasteiger partial charge in [0.25, 0.3) is 0 Å². The number of nitrogens with one attached hydrogen (secondary N) is 1. The monoisotopic (exact) mass is 379 g/mol. The van der Waals surface area contributed by atoms with Crippen molar-refractivity contribution in [1.29, 1.82) is 5.41 Å². The van der Waals surface area contributed by atoms with Crippen molar-refractivity contribution in [3.05, 3.63) is 53.3 Å². The highest BCUT2D eigenvalue weighted by molar-refractivity contribution is 5.75. The molecule has 28 heavy (non-hydrogen) atoms. The third-order valence-corrected chi connectivity index (χ3v) is 5.96. The standard InChI is InChI=1S/C22H29N5O/c1-16-13-25-8-4-21(16)26-9-5-17(6-10-26)15-28-20-3-2-18-7-11-27(22(23)24)14-19(18)12-20/h2-4,8,12-13,17H,5-7,9-11,14-15H2,1H3,(H3,23,24). The number of piperidine rings is 1. The van der Waals surface area contributed by atoms with E-state index in [1.165, 1.54) is 22.4 Å². The minimum absolute atomic E-state index is 0.146. The number of benzene rings is 1. The number of rotatable bonds is 4. The quantitative estimate of drug-likeness (QED) is 0.631. The molecule has 6 heteroatoms. The fourth-order valence-corrected chi connectivity index (χ4v) is 4.20. The Kier molecular flexibility index (Phi) is 5.37. The summed E-state index contributed by atoms with van der Waals surface area (Å²) in [5, 5.41) is 7.66. The van der Waals surface area contributed by atoms with Gasteiger partial charge in [0.15, 0.2) is 5.96 Å². The zero-order chi connectivity index (χ0) is 19.5. The van der Waals surface area contributed by atoms with Gasteiger partial charge in [0.1, 0.15) is 5.75 Å².